The highest BCUT2D eigenvalue weighted by atomic mass is 35.5. The highest BCUT2D eigenvalue weighted by molar-refractivity contribution is 6.31. The van der Waals surface area contributed by atoms with Gasteiger partial charge in [-0.3, -0.25) is 9.69 Å². The van der Waals surface area contributed by atoms with Crippen LogP contribution in [0.2, 0.25) is 5.02 Å². The number of fused-ring (bicyclic) bond motifs is 1. The summed E-state index contributed by atoms with van der Waals surface area (Å²) in [5.41, 5.74) is 1.70. The van der Waals surface area contributed by atoms with Crippen LogP contribution in [0.1, 0.15) is 19.8 Å². The molecular formula is C22H23ClFN5O2. The molecule has 0 bridgehead atoms. The number of carbonyl (C=O) groups excluding carboxylic acids is 1. The average molecular weight is 445 g/mol. The number of methoxy groups -OCH3 is 1. The molecule has 0 spiro atoms. The number of anilines is 2. The minimum Gasteiger partial charge on any atom is -0.496 e. The summed E-state index contributed by atoms with van der Waals surface area (Å²) in [6.07, 6.45) is 3.04. The monoisotopic (exact) mass is 444 g/mol. The van der Waals surface area contributed by atoms with Gasteiger partial charge < -0.3 is 15.4 Å². The van der Waals surface area contributed by atoms with E-state index in [0.717, 1.165) is 24.9 Å². The Labute approximate surface area is 186 Å². The van der Waals surface area contributed by atoms with Crippen molar-refractivity contribution in [1.29, 1.82) is 0 Å². The Hall–Kier alpha value is -2.97. The fourth-order valence-corrected chi connectivity index (χ4v) is 4.09. The quantitative estimate of drug-likeness (QED) is 0.600. The van der Waals surface area contributed by atoms with E-state index in [1.165, 1.54) is 12.4 Å². The molecule has 1 aromatic heterocycles. The van der Waals surface area contributed by atoms with Crippen LogP contribution >= 0.6 is 11.6 Å². The molecule has 0 radical (unpaired) electrons. The Bertz CT molecular complexity index is 1150. The number of likely N-dealkylation sites (N-methyl/N-ethyl adjacent to an activating group) is 1. The Balaban J connectivity index is 1.69. The van der Waals surface area contributed by atoms with Gasteiger partial charge in [0.1, 0.15) is 17.9 Å². The molecule has 4 rings (SSSR count). The number of hydrogen-bond acceptors (Lipinski definition) is 6. The van der Waals surface area contributed by atoms with Crippen molar-refractivity contribution in [3.8, 4) is 5.75 Å². The lowest BCUT2D eigenvalue weighted by Gasteiger charge is -2.24. The number of aromatic nitrogens is 2. The first kappa shape index (κ1) is 20.0. The highest BCUT2D eigenvalue weighted by Gasteiger charge is 2.30. The van der Waals surface area contributed by atoms with E-state index >= 15 is 0 Å². The Morgan fingerprint density at radius 2 is 2.29 bits per heavy atom. The second-order valence-corrected chi connectivity index (χ2v) is 7.71. The minimum absolute atomic E-state index is 0.0155. The molecule has 7 nitrogen and oxygen atoms in total. The van der Waals surface area contributed by atoms with Crippen LogP contribution in [-0.4, -0.2) is 47.5 Å². The highest BCUT2D eigenvalue weighted by Crippen LogP contribution is 2.33. The van der Waals surface area contributed by atoms with Crippen molar-refractivity contribution in [3.05, 3.63) is 53.1 Å². The van der Waals surface area contributed by atoms with Crippen LogP contribution in [0.5, 0.6) is 5.75 Å². The summed E-state index contributed by atoms with van der Waals surface area (Å²) >= 11 is 5.91. The van der Waals surface area contributed by atoms with Gasteiger partial charge in [-0.2, -0.15) is 0 Å². The van der Waals surface area contributed by atoms with E-state index in [9.17, 15) is 9.18 Å². The molecule has 9 heteroatoms. The lowest BCUT2D eigenvalue weighted by Crippen LogP contribution is -2.41. The summed E-state index contributed by atoms with van der Waals surface area (Å²) < 4.78 is 27.3. The maximum absolute atomic E-state index is 14.4. The molecule has 1 saturated heterocycles. The fraction of sp³-hybridized carbons (Fsp3) is 0.318. The van der Waals surface area contributed by atoms with Crippen LogP contribution in [0, 0.1) is 5.82 Å². The van der Waals surface area contributed by atoms with Gasteiger partial charge in [-0.15, -0.1) is 0 Å². The van der Waals surface area contributed by atoms with E-state index in [1.54, 1.807) is 25.3 Å². The van der Waals surface area contributed by atoms with Crippen molar-refractivity contribution >= 4 is 39.9 Å². The smallest absolute Gasteiger partial charge is 0.237 e. The summed E-state index contributed by atoms with van der Waals surface area (Å²) in [5.74, 6) is 0.377. The van der Waals surface area contributed by atoms with E-state index in [0.29, 0.717) is 29.0 Å². The van der Waals surface area contributed by atoms with Crippen molar-refractivity contribution in [2.45, 2.75) is 25.4 Å². The third-order valence-corrected chi connectivity index (χ3v) is 5.75. The zero-order chi connectivity index (χ0) is 22.7. The van der Waals surface area contributed by atoms with Gasteiger partial charge in [-0.25, -0.2) is 14.4 Å². The van der Waals surface area contributed by atoms with Crippen molar-refractivity contribution < 1.29 is 15.3 Å². The molecule has 1 amide bonds. The third-order valence-electron chi connectivity index (χ3n) is 5.46. The normalized spacial score (nSPS) is 16.9. The van der Waals surface area contributed by atoms with Gasteiger partial charge in [-0.1, -0.05) is 17.7 Å². The second kappa shape index (κ2) is 9.03. The SMILES string of the molecule is [2H]CNC(=O)[C@@H]1CCCN1Cc1cc2c(Nc3cccc(Cl)c3F)ncnc2cc1OC. The standard InChI is InChI=1S/C22H23ClFN5O2/c1-25-22(30)18-7-4-8-29(18)11-13-9-14-17(10-19(13)31-2)26-12-27-21(14)28-16-6-3-5-15(23)20(16)24/h3,5-6,9-10,12,18H,4,7-8,11H2,1-2H3,(H,25,30)(H,26,27,28)/t18-/m0/s1/i1D. The minimum atomic E-state index is -0.560. The Morgan fingerprint density at radius 3 is 3.10 bits per heavy atom. The van der Waals surface area contributed by atoms with Crippen LogP contribution in [0.15, 0.2) is 36.7 Å². The zero-order valence-electron chi connectivity index (χ0n) is 18.0. The molecular weight excluding hydrogens is 421 g/mol. The molecule has 1 atom stereocenters. The predicted octanol–water partition coefficient (Wildman–Crippen LogP) is 3.88. The second-order valence-electron chi connectivity index (χ2n) is 7.30. The summed E-state index contributed by atoms with van der Waals surface area (Å²) in [6.45, 7) is 1.25. The first-order valence-corrected chi connectivity index (χ1v) is 10.2. The molecule has 31 heavy (non-hydrogen) atoms. The number of halogens is 2. The summed E-state index contributed by atoms with van der Waals surface area (Å²) in [5, 5.41) is 6.30. The van der Waals surface area contributed by atoms with Gasteiger partial charge in [-0.05, 0) is 37.6 Å². The van der Waals surface area contributed by atoms with Gasteiger partial charge in [0.25, 0.3) is 0 Å². The number of likely N-dealkylation sites (tertiary alicyclic amines) is 1. The topological polar surface area (TPSA) is 79.4 Å². The number of benzene rings is 2. The van der Waals surface area contributed by atoms with Crippen molar-refractivity contribution in [3.63, 3.8) is 0 Å². The molecule has 2 aromatic carbocycles. The molecule has 1 fully saturated rings. The van der Waals surface area contributed by atoms with Crippen LogP contribution in [0.25, 0.3) is 10.9 Å². The van der Waals surface area contributed by atoms with Gasteiger partial charge in [0.2, 0.25) is 5.91 Å². The van der Waals surface area contributed by atoms with Gasteiger partial charge in [0.15, 0.2) is 5.82 Å². The Kier molecular flexibility index (Phi) is 5.82. The van der Waals surface area contributed by atoms with Crippen LogP contribution in [-0.2, 0) is 11.3 Å². The number of amides is 1. The van der Waals surface area contributed by atoms with E-state index < -0.39 is 5.82 Å². The van der Waals surface area contributed by atoms with Crippen molar-refractivity contribution in [1.82, 2.24) is 20.2 Å². The van der Waals surface area contributed by atoms with E-state index in [4.69, 9.17) is 17.7 Å². The zero-order valence-corrected chi connectivity index (χ0v) is 17.7. The van der Waals surface area contributed by atoms with Crippen molar-refractivity contribution in [2.75, 3.05) is 26.0 Å². The summed E-state index contributed by atoms with van der Waals surface area (Å²) in [7, 11) is 1.44. The molecule has 0 unspecified atom stereocenters. The third kappa shape index (κ3) is 4.26. The largest absolute Gasteiger partial charge is 0.496 e. The van der Waals surface area contributed by atoms with Crippen LogP contribution in [0.3, 0.4) is 0 Å². The molecule has 1 aliphatic rings. The van der Waals surface area contributed by atoms with E-state index in [2.05, 4.69) is 25.5 Å². The molecule has 2 heterocycles. The number of nitrogens with one attached hydrogen (secondary N) is 2. The van der Waals surface area contributed by atoms with E-state index in [-0.39, 0.29) is 29.7 Å². The van der Waals surface area contributed by atoms with Gasteiger partial charge in [0, 0.05) is 32.0 Å². The molecule has 2 N–H and O–H groups in total. The number of ether oxygens (including phenoxy) is 1. The summed E-state index contributed by atoms with van der Waals surface area (Å²) in [4.78, 5) is 23.0. The molecule has 3 aromatic rings. The lowest BCUT2D eigenvalue weighted by molar-refractivity contribution is -0.125. The maximum Gasteiger partial charge on any atom is 0.237 e. The molecule has 162 valence electrons. The van der Waals surface area contributed by atoms with Crippen LogP contribution < -0.4 is 15.4 Å². The number of carbonyl (C=O) groups is 1. The Morgan fingerprint density at radius 1 is 1.42 bits per heavy atom. The average Bonchev–Trinajstić information content (AvgIpc) is 3.25. The maximum atomic E-state index is 14.4. The van der Waals surface area contributed by atoms with E-state index in [1.807, 2.05) is 6.07 Å². The first-order chi connectivity index (χ1) is 15.5. The fourth-order valence-electron chi connectivity index (χ4n) is 3.92. The van der Waals surface area contributed by atoms with Crippen molar-refractivity contribution in [2.24, 2.45) is 0 Å². The number of rotatable bonds is 6. The predicted molar refractivity (Wildman–Crippen MR) is 118 cm³/mol. The first-order valence-electron chi connectivity index (χ1n) is 10.6. The van der Waals surface area contributed by atoms with Crippen LogP contribution in [0.4, 0.5) is 15.9 Å². The van der Waals surface area contributed by atoms with Gasteiger partial charge >= 0.3 is 0 Å². The van der Waals surface area contributed by atoms with Gasteiger partial charge in [0.05, 0.1) is 29.4 Å². The number of hydrogen-bond donors (Lipinski definition) is 2. The molecule has 0 aliphatic carbocycles. The molecule has 1 aliphatic heterocycles. The number of nitrogens with zero attached hydrogens (tertiary/aromatic N) is 3. The lowest BCUT2D eigenvalue weighted by atomic mass is 10.1. The summed E-state index contributed by atoms with van der Waals surface area (Å²) in [6, 6.07) is 8.13. The molecule has 0 saturated carbocycles.